The molecule has 1 N–H and O–H groups in total. The number of aromatic nitrogens is 1. The van der Waals surface area contributed by atoms with Gasteiger partial charge in [0.25, 0.3) is 0 Å². The molecule has 0 radical (unpaired) electrons. The summed E-state index contributed by atoms with van der Waals surface area (Å²) in [6.45, 7) is 3.87. The first-order valence-electron chi connectivity index (χ1n) is 12.4. The Balaban J connectivity index is 1.37. The molecule has 5 rings (SSSR count). The van der Waals surface area contributed by atoms with Crippen molar-refractivity contribution in [3.63, 3.8) is 0 Å². The first-order chi connectivity index (χ1) is 18.6. The summed E-state index contributed by atoms with van der Waals surface area (Å²) in [6.07, 6.45) is 2.15. The second kappa shape index (κ2) is 11.0. The van der Waals surface area contributed by atoms with Gasteiger partial charge in [0.15, 0.2) is 0 Å². The summed E-state index contributed by atoms with van der Waals surface area (Å²) >= 11 is 0.974. The lowest BCUT2D eigenvalue weighted by molar-refractivity contribution is -0.120. The van der Waals surface area contributed by atoms with Crippen LogP contribution in [0.25, 0.3) is 10.4 Å². The van der Waals surface area contributed by atoms with Crippen molar-refractivity contribution in [1.82, 2.24) is 9.29 Å². The molecule has 1 amide bonds. The Labute approximate surface area is 229 Å². The second-order valence-corrected chi connectivity index (χ2v) is 12.3. The number of carboxylic acids is 1. The van der Waals surface area contributed by atoms with Crippen molar-refractivity contribution < 1.29 is 32.2 Å². The number of rotatable bonds is 6. The number of carboxylic acid groups (broad SMARTS) is 1. The van der Waals surface area contributed by atoms with Gasteiger partial charge in [-0.2, -0.15) is 4.31 Å². The zero-order valence-electron chi connectivity index (χ0n) is 21.1. The van der Waals surface area contributed by atoms with Crippen molar-refractivity contribution in [2.75, 3.05) is 49.2 Å². The maximum absolute atomic E-state index is 13.4. The fourth-order valence-electron chi connectivity index (χ4n) is 4.78. The van der Waals surface area contributed by atoms with Crippen molar-refractivity contribution in [3.8, 4) is 10.4 Å². The molecule has 0 unspecified atom stereocenters. The van der Waals surface area contributed by atoms with E-state index in [1.807, 2.05) is 4.90 Å². The largest absolute Gasteiger partial charge is 0.477 e. The van der Waals surface area contributed by atoms with Crippen LogP contribution in [0.5, 0.6) is 0 Å². The molecule has 2 fully saturated rings. The van der Waals surface area contributed by atoms with E-state index < -0.39 is 40.3 Å². The second-order valence-electron chi connectivity index (χ2n) is 9.35. The molecule has 4 heterocycles. The first-order valence-corrected chi connectivity index (χ1v) is 14.6. The third-order valence-corrected chi connectivity index (χ3v) is 9.65. The number of nitrogens with zero attached hydrogens (tertiary/aromatic N) is 4. The average Bonchev–Trinajstić information content (AvgIpc) is 3.16. The Morgan fingerprint density at radius 1 is 1.15 bits per heavy atom. The molecule has 1 atom stereocenters. The van der Waals surface area contributed by atoms with E-state index in [1.165, 1.54) is 41.4 Å². The molecule has 2 aromatic heterocycles. The van der Waals surface area contributed by atoms with Gasteiger partial charge in [0.2, 0.25) is 15.9 Å². The minimum atomic E-state index is -4.03. The van der Waals surface area contributed by atoms with Crippen LogP contribution in [0, 0.1) is 5.82 Å². The highest BCUT2D eigenvalue weighted by Gasteiger charge is 2.39. The Hall–Kier alpha value is -3.39. The smallest absolute Gasteiger partial charge is 0.348 e. The predicted molar refractivity (Wildman–Crippen MR) is 144 cm³/mol. The van der Waals surface area contributed by atoms with Crippen molar-refractivity contribution >= 4 is 44.7 Å². The fourth-order valence-corrected chi connectivity index (χ4v) is 7.19. The number of hydrogen-bond donors (Lipinski definition) is 1. The third kappa shape index (κ3) is 5.53. The van der Waals surface area contributed by atoms with E-state index in [2.05, 4.69) is 4.98 Å². The quantitative estimate of drug-likeness (QED) is 0.476. The van der Waals surface area contributed by atoms with Crippen molar-refractivity contribution in [2.45, 2.75) is 24.3 Å². The molecular formula is C26H27FN4O6S2. The summed E-state index contributed by atoms with van der Waals surface area (Å²) in [7, 11) is -4.03. The monoisotopic (exact) mass is 574 g/mol. The Bertz CT molecular complexity index is 1470. The zero-order chi connectivity index (χ0) is 27.7. The fraction of sp³-hybridized carbons (Fsp3) is 0.346. The number of benzene rings is 1. The molecule has 0 bridgehead atoms. The number of carbonyl (C=O) groups excluding carboxylic acids is 1. The van der Waals surface area contributed by atoms with Crippen LogP contribution in [0.15, 0.2) is 53.6 Å². The van der Waals surface area contributed by atoms with Gasteiger partial charge in [0.1, 0.15) is 21.4 Å². The van der Waals surface area contributed by atoms with Gasteiger partial charge in [-0.3, -0.25) is 4.79 Å². The van der Waals surface area contributed by atoms with Crippen LogP contribution in [-0.4, -0.2) is 80.1 Å². The summed E-state index contributed by atoms with van der Waals surface area (Å²) in [5.74, 6) is -1.51. The lowest BCUT2D eigenvalue weighted by Crippen LogP contribution is -2.57. The van der Waals surface area contributed by atoms with Gasteiger partial charge >= 0.3 is 5.97 Å². The van der Waals surface area contributed by atoms with E-state index in [9.17, 15) is 27.5 Å². The number of amides is 1. The first kappa shape index (κ1) is 27.2. The van der Waals surface area contributed by atoms with Gasteiger partial charge in [0, 0.05) is 43.4 Å². The van der Waals surface area contributed by atoms with E-state index in [4.69, 9.17) is 4.74 Å². The normalized spacial score (nSPS) is 19.2. The maximum atomic E-state index is 13.4. The van der Waals surface area contributed by atoms with E-state index in [-0.39, 0.29) is 22.0 Å². The van der Waals surface area contributed by atoms with Crippen LogP contribution < -0.4 is 9.80 Å². The van der Waals surface area contributed by atoms with Gasteiger partial charge < -0.3 is 19.6 Å². The summed E-state index contributed by atoms with van der Waals surface area (Å²) in [5, 5.41) is 9.82. The number of hydrogen-bond acceptors (Lipinski definition) is 8. The summed E-state index contributed by atoms with van der Waals surface area (Å²) in [5.41, 5.74) is 0.800. The van der Waals surface area contributed by atoms with E-state index in [1.54, 1.807) is 19.1 Å². The molecule has 2 aliphatic heterocycles. The molecule has 13 heteroatoms. The SMILES string of the molecule is C[C@@H]1CN(S(=O)(=O)c2ccc(N3CCCOCC3)nc2)CC(=O)N1c1cc(-c2ccc(F)cc2)sc1C(=O)O. The number of aromatic carboxylic acids is 1. The topological polar surface area (TPSA) is 120 Å². The number of halogens is 1. The van der Waals surface area contributed by atoms with Crippen LogP contribution >= 0.6 is 11.3 Å². The highest BCUT2D eigenvalue weighted by atomic mass is 32.2. The van der Waals surface area contributed by atoms with Crippen LogP contribution in [0.3, 0.4) is 0 Å². The maximum Gasteiger partial charge on any atom is 0.348 e. The van der Waals surface area contributed by atoms with Crippen molar-refractivity contribution in [3.05, 3.63) is 59.4 Å². The van der Waals surface area contributed by atoms with Crippen LogP contribution in [-0.2, 0) is 19.6 Å². The Morgan fingerprint density at radius 2 is 1.92 bits per heavy atom. The third-order valence-electron chi connectivity index (χ3n) is 6.69. The minimum Gasteiger partial charge on any atom is -0.477 e. The molecule has 0 saturated carbocycles. The summed E-state index contributed by atoms with van der Waals surface area (Å²) in [6, 6.07) is 9.70. The minimum absolute atomic E-state index is 0.0221. The molecule has 2 saturated heterocycles. The number of piperazine rings is 1. The summed E-state index contributed by atoms with van der Waals surface area (Å²) in [4.78, 5) is 33.5. The number of carbonyl (C=O) groups is 2. The van der Waals surface area contributed by atoms with Gasteiger partial charge in [-0.1, -0.05) is 12.1 Å². The van der Waals surface area contributed by atoms with Crippen molar-refractivity contribution in [1.29, 1.82) is 0 Å². The number of pyridine rings is 1. The van der Waals surface area contributed by atoms with Crippen molar-refractivity contribution in [2.24, 2.45) is 0 Å². The standard InChI is InChI=1S/C26H27FN4O6S2/c1-17-15-30(39(35,36)20-7-8-23(28-14-20)29-9-2-11-37-12-10-29)16-24(32)31(17)21-13-22(38-25(21)26(33)34)18-3-5-19(27)6-4-18/h3-8,13-14,17H,2,9-12,15-16H2,1H3,(H,33,34)/t17-/m1/s1. The summed E-state index contributed by atoms with van der Waals surface area (Å²) < 4.78 is 46.8. The average molecular weight is 575 g/mol. The molecule has 39 heavy (non-hydrogen) atoms. The molecule has 0 aliphatic carbocycles. The number of anilines is 2. The molecule has 1 aromatic carbocycles. The highest BCUT2D eigenvalue weighted by molar-refractivity contribution is 7.89. The lowest BCUT2D eigenvalue weighted by Gasteiger charge is -2.38. The highest BCUT2D eigenvalue weighted by Crippen LogP contribution is 2.39. The molecule has 206 valence electrons. The van der Waals surface area contributed by atoms with Crippen LogP contribution in [0.1, 0.15) is 23.0 Å². The molecular weight excluding hydrogens is 547 g/mol. The van der Waals surface area contributed by atoms with Crippen LogP contribution in [0.4, 0.5) is 15.9 Å². The number of sulfonamides is 1. The Morgan fingerprint density at radius 3 is 2.59 bits per heavy atom. The van der Waals surface area contributed by atoms with E-state index in [0.717, 1.165) is 28.6 Å². The molecule has 10 nitrogen and oxygen atoms in total. The zero-order valence-corrected chi connectivity index (χ0v) is 22.8. The predicted octanol–water partition coefficient (Wildman–Crippen LogP) is 3.30. The van der Waals surface area contributed by atoms with Gasteiger partial charge in [-0.05, 0) is 49.2 Å². The Kier molecular flexibility index (Phi) is 7.67. The lowest BCUT2D eigenvalue weighted by atomic mass is 10.1. The van der Waals surface area contributed by atoms with Gasteiger partial charge in [-0.25, -0.2) is 22.6 Å². The number of thiophene rings is 1. The van der Waals surface area contributed by atoms with Gasteiger partial charge in [-0.15, -0.1) is 11.3 Å². The number of ether oxygens (including phenoxy) is 1. The van der Waals surface area contributed by atoms with Gasteiger partial charge in [0.05, 0.1) is 18.8 Å². The van der Waals surface area contributed by atoms with E-state index in [0.29, 0.717) is 36.0 Å². The van der Waals surface area contributed by atoms with Crippen LogP contribution in [0.2, 0.25) is 0 Å². The molecule has 2 aliphatic rings. The molecule has 0 spiro atoms. The van der Waals surface area contributed by atoms with E-state index >= 15 is 0 Å². The molecule has 3 aromatic rings.